The largest absolute Gasteiger partial charge is 0.490 e. The molecule has 24 heavy (non-hydrogen) atoms. The summed E-state index contributed by atoms with van der Waals surface area (Å²) in [4.78, 5) is 11.6. The van der Waals surface area contributed by atoms with Crippen LogP contribution in [0, 0.1) is 11.8 Å². The molecule has 1 N–H and O–H groups in total. The molecule has 2 aliphatic heterocycles. The van der Waals surface area contributed by atoms with E-state index in [1.54, 1.807) is 0 Å². The van der Waals surface area contributed by atoms with Gasteiger partial charge in [-0.15, -0.1) is 0 Å². The Morgan fingerprint density at radius 1 is 1.33 bits per heavy atom. The van der Waals surface area contributed by atoms with Crippen molar-refractivity contribution >= 4 is 5.97 Å². The number of rotatable bonds is 5. The van der Waals surface area contributed by atoms with Crippen LogP contribution in [0.2, 0.25) is 0 Å². The predicted octanol–water partition coefficient (Wildman–Crippen LogP) is 3.12. The summed E-state index contributed by atoms with van der Waals surface area (Å²) in [6.07, 6.45) is 6.96. The summed E-state index contributed by atoms with van der Waals surface area (Å²) < 4.78 is 11.1. The van der Waals surface area contributed by atoms with Crippen LogP contribution >= 0.6 is 0 Å². The van der Waals surface area contributed by atoms with E-state index < -0.39 is 0 Å². The average molecular weight is 331 g/mol. The molecule has 1 saturated heterocycles. The Morgan fingerprint density at radius 3 is 2.88 bits per heavy atom. The first kappa shape index (κ1) is 17.3. The van der Waals surface area contributed by atoms with Crippen molar-refractivity contribution in [3.63, 3.8) is 0 Å². The van der Waals surface area contributed by atoms with Crippen LogP contribution in [0.3, 0.4) is 0 Å². The Morgan fingerprint density at radius 2 is 2.12 bits per heavy atom. The molecule has 2 atom stereocenters. The van der Waals surface area contributed by atoms with Crippen molar-refractivity contribution in [2.24, 2.45) is 11.8 Å². The molecule has 0 amide bonds. The number of piperidine rings is 1. The van der Waals surface area contributed by atoms with Crippen LogP contribution in [0.15, 0.2) is 18.2 Å². The third-order valence-corrected chi connectivity index (χ3v) is 5.36. The first-order valence-corrected chi connectivity index (χ1v) is 9.22. The Balaban J connectivity index is 1.61. The Bertz CT molecular complexity index is 566. The number of esters is 1. The van der Waals surface area contributed by atoms with Gasteiger partial charge in [0.05, 0.1) is 19.1 Å². The normalized spacial score (nSPS) is 22.3. The molecule has 132 valence electrons. The number of fused-ring (bicyclic) bond motifs is 1. The number of nitrogens with one attached hydrogen (secondary N) is 1. The topological polar surface area (TPSA) is 47.6 Å². The molecule has 3 rings (SSSR count). The molecule has 0 aliphatic carbocycles. The van der Waals surface area contributed by atoms with E-state index in [9.17, 15) is 4.79 Å². The van der Waals surface area contributed by atoms with Gasteiger partial charge in [0.25, 0.3) is 0 Å². The maximum absolute atomic E-state index is 11.6. The quantitative estimate of drug-likeness (QED) is 0.842. The van der Waals surface area contributed by atoms with Crippen LogP contribution in [-0.4, -0.2) is 32.3 Å². The highest BCUT2D eigenvalue weighted by Crippen LogP contribution is 2.32. The van der Waals surface area contributed by atoms with Crippen molar-refractivity contribution in [2.75, 3.05) is 20.2 Å². The maximum atomic E-state index is 11.6. The number of benzene rings is 1. The number of methoxy groups -OCH3 is 1. The average Bonchev–Trinajstić information content (AvgIpc) is 2.61. The number of ether oxygens (including phenoxy) is 2. The minimum Gasteiger partial charge on any atom is -0.490 e. The Hall–Kier alpha value is -1.55. The Kier molecular flexibility index (Phi) is 5.77. The lowest BCUT2D eigenvalue weighted by Crippen LogP contribution is -2.32. The number of carbonyl (C=O) groups excluding carboxylic acids is 1. The standard InChI is InChI=1S/C20H29NO3/c1-14(20(22)23-2)11-16-3-4-17-5-6-18(24-19(17)13-16)12-15-7-9-21-10-8-15/h3-4,13-15,18,21H,5-12H2,1-2H3. The number of hydrogen-bond donors (Lipinski definition) is 1. The molecule has 0 bridgehead atoms. The summed E-state index contributed by atoms with van der Waals surface area (Å²) >= 11 is 0. The van der Waals surface area contributed by atoms with Crippen LogP contribution < -0.4 is 10.1 Å². The van der Waals surface area contributed by atoms with Crippen molar-refractivity contribution in [3.05, 3.63) is 29.3 Å². The Labute approximate surface area is 144 Å². The van der Waals surface area contributed by atoms with E-state index in [0.29, 0.717) is 12.5 Å². The number of aryl methyl sites for hydroxylation is 1. The molecular formula is C20H29NO3. The lowest BCUT2D eigenvalue weighted by atomic mass is 9.88. The van der Waals surface area contributed by atoms with Crippen molar-refractivity contribution < 1.29 is 14.3 Å². The van der Waals surface area contributed by atoms with Gasteiger partial charge < -0.3 is 14.8 Å². The molecule has 0 radical (unpaired) electrons. The lowest BCUT2D eigenvalue weighted by Gasteiger charge is -2.31. The van der Waals surface area contributed by atoms with E-state index in [0.717, 1.165) is 43.2 Å². The molecular weight excluding hydrogens is 302 g/mol. The van der Waals surface area contributed by atoms with Gasteiger partial charge in [0, 0.05) is 0 Å². The van der Waals surface area contributed by atoms with E-state index >= 15 is 0 Å². The van der Waals surface area contributed by atoms with E-state index in [1.807, 2.05) is 6.92 Å². The second-order valence-corrected chi connectivity index (χ2v) is 7.28. The SMILES string of the molecule is COC(=O)C(C)Cc1ccc2c(c1)OC(CC1CCNCC1)CC2. The van der Waals surface area contributed by atoms with Gasteiger partial charge in [-0.3, -0.25) is 4.79 Å². The van der Waals surface area contributed by atoms with Crippen LogP contribution in [0.25, 0.3) is 0 Å². The van der Waals surface area contributed by atoms with Crippen LogP contribution in [0.5, 0.6) is 5.75 Å². The van der Waals surface area contributed by atoms with Crippen molar-refractivity contribution in [1.82, 2.24) is 5.32 Å². The fourth-order valence-electron chi connectivity index (χ4n) is 3.89. The van der Waals surface area contributed by atoms with Gasteiger partial charge in [0.2, 0.25) is 0 Å². The van der Waals surface area contributed by atoms with E-state index in [2.05, 4.69) is 23.5 Å². The molecule has 1 aromatic carbocycles. The van der Waals surface area contributed by atoms with Gasteiger partial charge in [-0.2, -0.15) is 0 Å². The summed E-state index contributed by atoms with van der Waals surface area (Å²) in [5, 5.41) is 3.43. The smallest absolute Gasteiger partial charge is 0.308 e. The second kappa shape index (κ2) is 8.02. The predicted molar refractivity (Wildman–Crippen MR) is 94.3 cm³/mol. The summed E-state index contributed by atoms with van der Waals surface area (Å²) in [6, 6.07) is 6.41. The summed E-state index contributed by atoms with van der Waals surface area (Å²) in [7, 11) is 1.44. The fourth-order valence-corrected chi connectivity index (χ4v) is 3.89. The highest BCUT2D eigenvalue weighted by Gasteiger charge is 2.25. The van der Waals surface area contributed by atoms with E-state index in [-0.39, 0.29) is 11.9 Å². The molecule has 0 spiro atoms. The molecule has 1 fully saturated rings. The molecule has 2 aliphatic rings. The monoisotopic (exact) mass is 331 g/mol. The minimum atomic E-state index is -0.155. The van der Waals surface area contributed by atoms with Crippen molar-refractivity contribution in [1.29, 1.82) is 0 Å². The van der Waals surface area contributed by atoms with Crippen LogP contribution in [0.4, 0.5) is 0 Å². The summed E-state index contributed by atoms with van der Waals surface area (Å²) in [6.45, 7) is 4.19. The first-order valence-electron chi connectivity index (χ1n) is 9.22. The highest BCUT2D eigenvalue weighted by atomic mass is 16.5. The molecule has 2 heterocycles. The highest BCUT2D eigenvalue weighted by molar-refractivity contribution is 5.72. The van der Waals surface area contributed by atoms with Gasteiger partial charge in [-0.25, -0.2) is 0 Å². The third kappa shape index (κ3) is 4.29. The third-order valence-electron chi connectivity index (χ3n) is 5.36. The maximum Gasteiger partial charge on any atom is 0.308 e. The van der Waals surface area contributed by atoms with E-state index in [4.69, 9.17) is 9.47 Å². The second-order valence-electron chi connectivity index (χ2n) is 7.28. The van der Waals surface area contributed by atoms with Crippen LogP contribution in [-0.2, 0) is 22.4 Å². The van der Waals surface area contributed by atoms with Gasteiger partial charge in [0.1, 0.15) is 5.75 Å². The molecule has 0 aromatic heterocycles. The number of carbonyl (C=O) groups is 1. The zero-order valence-corrected chi connectivity index (χ0v) is 14.8. The summed E-state index contributed by atoms with van der Waals surface area (Å²) in [5.41, 5.74) is 2.44. The summed E-state index contributed by atoms with van der Waals surface area (Å²) in [5.74, 6) is 1.54. The molecule has 1 aromatic rings. The lowest BCUT2D eigenvalue weighted by molar-refractivity contribution is -0.144. The van der Waals surface area contributed by atoms with Gasteiger partial charge in [0.15, 0.2) is 0 Å². The fraction of sp³-hybridized carbons (Fsp3) is 0.650. The number of hydrogen-bond acceptors (Lipinski definition) is 4. The van der Waals surface area contributed by atoms with Crippen molar-refractivity contribution in [3.8, 4) is 5.75 Å². The molecule has 0 saturated carbocycles. The molecule has 4 heteroatoms. The molecule has 4 nitrogen and oxygen atoms in total. The van der Waals surface area contributed by atoms with Gasteiger partial charge >= 0.3 is 5.97 Å². The molecule has 2 unspecified atom stereocenters. The van der Waals surface area contributed by atoms with Gasteiger partial charge in [-0.05, 0) is 74.7 Å². The van der Waals surface area contributed by atoms with Crippen LogP contribution in [0.1, 0.15) is 43.7 Å². The zero-order chi connectivity index (χ0) is 16.9. The van der Waals surface area contributed by atoms with Gasteiger partial charge in [-0.1, -0.05) is 19.1 Å². The minimum absolute atomic E-state index is 0.123. The zero-order valence-electron chi connectivity index (χ0n) is 14.8. The first-order chi connectivity index (χ1) is 11.7. The van der Waals surface area contributed by atoms with Crippen molar-refractivity contribution in [2.45, 2.75) is 51.6 Å². The van der Waals surface area contributed by atoms with E-state index in [1.165, 1.54) is 31.9 Å².